The van der Waals surface area contributed by atoms with Gasteiger partial charge in [0.25, 0.3) is 0 Å². The third-order valence-corrected chi connectivity index (χ3v) is 1.18. The molecule has 1 aliphatic rings. The van der Waals surface area contributed by atoms with Gasteiger partial charge in [0.2, 0.25) is 0 Å². The maximum atomic E-state index is 11.8. The topological polar surface area (TPSA) is 12.5 Å². The summed E-state index contributed by atoms with van der Waals surface area (Å²) in [7, 11) is 0. The van der Waals surface area contributed by atoms with Crippen molar-refractivity contribution in [2.24, 2.45) is 0 Å². The van der Waals surface area contributed by atoms with E-state index in [4.69, 9.17) is 0 Å². The third-order valence-electron chi connectivity index (χ3n) is 1.18. The van der Waals surface area contributed by atoms with E-state index in [1.54, 1.807) is 0 Å². The van der Waals surface area contributed by atoms with Crippen LogP contribution in [0.5, 0.6) is 0 Å². The minimum Gasteiger partial charge on any atom is -0.477 e. The van der Waals surface area contributed by atoms with Crippen molar-refractivity contribution in [1.82, 2.24) is 4.90 Å². The van der Waals surface area contributed by atoms with Gasteiger partial charge < -0.3 is 4.74 Å². The van der Waals surface area contributed by atoms with Gasteiger partial charge in [0.15, 0.2) is 6.23 Å². The van der Waals surface area contributed by atoms with Crippen LogP contribution in [0.15, 0.2) is 12.5 Å². The quantitative estimate of drug-likeness (QED) is 0.490. The molecule has 0 amide bonds. The molecule has 10 heavy (non-hydrogen) atoms. The van der Waals surface area contributed by atoms with Crippen molar-refractivity contribution < 1.29 is 17.9 Å². The first kappa shape index (κ1) is 7.24. The molecule has 0 aromatic rings. The highest BCUT2D eigenvalue weighted by atomic mass is 19.4. The Kier molecular flexibility index (Phi) is 1.50. The second-order valence-electron chi connectivity index (χ2n) is 1.90. The average molecular weight is 153 g/mol. The lowest BCUT2D eigenvalue weighted by Gasteiger charge is -2.22. The van der Waals surface area contributed by atoms with Crippen LogP contribution >= 0.6 is 0 Å². The van der Waals surface area contributed by atoms with Crippen LogP contribution in [0.4, 0.5) is 13.2 Å². The van der Waals surface area contributed by atoms with Gasteiger partial charge in [-0.3, -0.25) is 4.90 Å². The van der Waals surface area contributed by atoms with E-state index in [0.29, 0.717) is 0 Å². The Morgan fingerprint density at radius 2 is 2.10 bits per heavy atom. The van der Waals surface area contributed by atoms with Crippen LogP contribution < -0.4 is 0 Å². The number of hydrogen-bond acceptors (Lipinski definition) is 2. The smallest absolute Gasteiger partial charge is 0.477 e. The van der Waals surface area contributed by atoms with Crippen LogP contribution in [-0.4, -0.2) is 17.4 Å². The Morgan fingerprint density at radius 3 is 2.30 bits per heavy atom. The predicted molar refractivity (Wildman–Crippen MR) is 27.6 cm³/mol. The number of rotatable bonds is 0. The summed E-state index contributed by atoms with van der Waals surface area (Å²) < 4.78 is 39.9. The molecule has 0 saturated heterocycles. The summed E-state index contributed by atoms with van der Waals surface area (Å²) in [6.07, 6.45) is -3.37. The van der Waals surface area contributed by atoms with Crippen LogP contribution in [-0.2, 0) is 4.74 Å². The van der Waals surface area contributed by atoms with E-state index in [1.807, 2.05) is 0 Å². The van der Waals surface area contributed by atoms with Gasteiger partial charge in [-0.15, -0.1) is 13.2 Å². The first-order valence-corrected chi connectivity index (χ1v) is 2.69. The summed E-state index contributed by atoms with van der Waals surface area (Å²) in [6.45, 7) is 1.33. The fourth-order valence-corrected chi connectivity index (χ4v) is 0.692. The van der Waals surface area contributed by atoms with Gasteiger partial charge in [-0.25, -0.2) is 0 Å². The first-order valence-electron chi connectivity index (χ1n) is 2.69. The molecule has 0 aromatic carbocycles. The fraction of sp³-hybridized carbons (Fsp3) is 0.600. The molecule has 58 valence electrons. The summed E-state index contributed by atoms with van der Waals surface area (Å²) in [5, 5.41) is 0. The van der Waals surface area contributed by atoms with Crippen molar-refractivity contribution >= 4 is 0 Å². The summed E-state index contributed by atoms with van der Waals surface area (Å²) in [5.41, 5.74) is 0. The molecule has 0 N–H and O–H groups in total. The second-order valence-corrected chi connectivity index (χ2v) is 1.90. The number of hydrogen-bond donors (Lipinski definition) is 0. The largest absolute Gasteiger partial charge is 0.487 e. The van der Waals surface area contributed by atoms with Crippen LogP contribution in [0.25, 0.3) is 0 Å². The monoisotopic (exact) mass is 153 g/mol. The van der Waals surface area contributed by atoms with Crippen molar-refractivity contribution in [1.29, 1.82) is 0 Å². The van der Waals surface area contributed by atoms with E-state index < -0.39 is 12.5 Å². The summed E-state index contributed by atoms with van der Waals surface area (Å²) in [5.74, 6) is 0. The van der Waals surface area contributed by atoms with Gasteiger partial charge >= 0.3 is 6.30 Å². The average Bonchev–Trinajstić information content (AvgIpc) is 2.11. The van der Waals surface area contributed by atoms with Crippen molar-refractivity contribution in [3.63, 3.8) is 0 Å². The zero-order valence-corrected chi connectivity index (χ0v) is 5.22. The Labute approximate surface area is 55.9 Å². The summed E-state index contributed by atoms with van der Waals surface area (Å²) in [6, 6.07) is 0. The molecule has 1 unspecified atom stereocenters. The van der Waals surface area contributed by atoms with E-state index in [1.165, 1.54) is 6.92 Å². The number of alkyl halides is 3. The molecule has 0 saturated carbocycles. The normalized spacial score (nSPS) is 25.2. The second kappa shape index (κ2) is 2.07. The van der Waals surface area contributed by atoms with Crippen LogP contribution in [0, 0.1) is 0 Å². The molecule has 0 fully saturated rings. The van der Waals surface area contributed by atoms with E-state index in [9.17, 15) is 13.2 Å². The lowest BCUT2D eigenvalue weighted by Crippen LogP contribution is -2.37. The van der Waals surface area contributed by atoms with Crippen molar-refractivity contribution in [3.05, 3.63) is 12.5 Å². The molecule has 2 nitrogen and oxygen atoms in total. The van der Waals surface area contributed by atoms with E-state index >= 15 is 0 Å². The Balaban J connectivity index is 2.64. The minimum absolute atomic E-state index is 0.188. The van der Waals surface area contributed by atoms with Gasteiger partial charge in [0, 0.05) is 6.20 Å². The molecule has 0 radical (unpaired) electrons. The maximum absolute atomic E-state index is 11.8. The lowest BCUT2D eigenvalue weighted by molar-refractivity contribution is -0.252. The van der Waals surface area contributed by atoms with Crippen molar-refractivity contribution in [2.45, 2.75) is 19.5 Å². The van der Waals surface area contributed by atoms with Crippen LogP contribution in [0.1, 0.15) is 6.92 Å². The number of nitrogens with zero attached hydrogens (tertiary/aromatic N) is 1. The lowest BCUT2D eigenvalue weighted by atomic mass is 10.6. The SMILES string of the molecule is CC1OC=CN1C(F)(F)F. The van der Waals surface area contributed by atoms with Crippen LogP contribution in [0.3, 0.4) is 0 Å². The molecular weight excluding hydrogens is 147 g/mol. The Morgan fingerprint density at radius 1 is 1.50 bits per heavy atom. The molecule has 1 aliphatic heterocycles. The van der Waals surface area contributed by atoms with Gasteiger partial charge in [-0.05, 0) is 6.92 Å². The van der Waals surface area contributed by atoms with E-state index in [0.717, 1.165) is 12.5 Å². The highest BCUT2D eigenvalue weighted by Gasteiger charge is 2.40. The molecule has 5 heteroatoms. The molecule has 0 bridgehead atoms. The third kappa shape index (κ3) is 1.17. The molecular formula is C5H6F3NO. The van der Waals surface area contributed by atoms with E-state index in [-0.39, 0.29) is 4.90 Å². The van der Waals surface area contributed by atoms with E-state index in [2.05, 4.69) is 4.74 Å². The zero-order chi connectivity index (χ0) is 7.78. The maximum Gasteiger partial charge on any atom is 0.487 e. The molecule has 0 spiro atoms. The molecule has 0 aromatic heterocycles. The Hall–Kier alpha value is -0.870. The fourth-order valence-electron chi connectivity index (χ4n) is 0.692. The van der Waals surface area contributed by atoms with Gasteiger partial charge in [-0.1, -0.05) is 0 Å². The molecule has 1 atom stereocenters. The highest BCUT2D eigenvalue weighted by Crippen LogP contribution is 2.27. The Bertz CT molecular complexity index is 153. The van der Waals surface area contributed by atoms with Gasteiger partial charge in [0.05, 0.1) is 0 Å². The zero-order valence-electron chi connectivity index (χ0n) is 5.22. The molecule has 1 rings (SSSR count). The number of ether oxygens (including phenoxy) is 1. The first-order chi connectivity index (χ1) is 4.52. The summed E-state index contributed by atoms with van der Waals surface area (Å²) >= 11 is 0. The van der Waals surface area contributed by atoms with Gasteiger partial charge in [-0.2, -0.15) is 0 Å². The van der Waals surface area contributed by atoms with Crippen molar-refractivity contribution in [3.8, 4) is 0 Å². The number of halogens is 3. The molecule has 1 heterocycles. The minimum atomic E-state index is -4.33. The van der Waals surface area contributed by atoms with Crippen LogP contribution in [0.2, 0.25) is 0 Å². The highest BCUT2D eigenvalue weighted by molar-refractivity contribution is 4.85. The standard InChI is InChI=1S/C5H6F3NO/c1-4-9(2-3-10-4)5(6,7)8/h2-4H,1H3. The van der Waals surface area contributed by atoms with Gasteiger partial charge in [0.1, 0.15) is 6.26 Å². The predicted octanol–water partition coefficient (Wildman–Crippen LogP) is 1.66. The summed E-state index contributed by atoms with van der Waals surface area (Å²) in [4.78, 5) is 0.188. The van der Waals surface area contributed by atoms with Crippen molar-refractivity contribution in [2.75, 3.05) is 0 Å². The molecule has 0 aliphatic carbocycles.